The second-order valence-corrected chi connectivity index (χ2v) is 4.79. The van der Waals surface area contributed by atoms with Crippen molar-refractivity contribution < 1.29 is 9.21 Å². The van der Waals surface area contributed by atoms with E-state index in [1.165, 1.54) is 12.8 Å². The third-order valence-electron chi connectivity index (χ3n) is 3.24. The minimum absolute atomic E-state index is 0.0615. The molecule has 0 aromatic carbocycles. The van der Waals surface area contributed by atoms with Gasteiger partial charge in [0.25, 0.3) is 0 Å². The third-order valence-corrected chi connectivity index (χ3v) is 3.24. The van der Waals surface area contributed by atoms with Crippen LogP contribution in [-0.4, -0.2) is 43.9 Å². The summed E-state index contributed by atoms with van der Waals surface area (Å²) in [4.78, 5) is 13.9. The summed E-state index contributed by atoms with van der Waals surface area (Å²) in [6, 6.07) is 3.47. The smallest absolute Gasteiger partial charge is 0.211 e. The predicted octanol–water partition coefficient (Wildman–Crippen LogP) is 1.39. The third kappa shape index (κ3) is 3.68. The van der Waals surface area contributed by atoms with Gasteiger partial charge in [-0.2, -0.15) is 0 Å². The zero-order chi connectivity index (χ0) is 12.1. The number of piperidine rings is 1. The molecule has 1 N–H and O–H groups in total. The van der Waals surface area contributed by atoms with Crippen LogP contribution in [0.5, 0.6) is 0 Å². The van der Waals surface area contributed by atoms with E-state index in [0.29, 0.717) is 18.2 Å². The second-order valence-electron chi connectivity index (χ2n) is 4.79. The van der Waals surface area contributed by atoms with Gasteiger partial charge in [0.2, 0.25) is 5.78 Å². The Morgan fingerprint density at radius 3 is 2.94 bits per heavy atom. The number of Topliss-reactive ketones (excluding diaryl/α,β-unsaturated/α-hetero) is 1. The van der Waals surface area contributed by atoms with Crippen molar-refractivity contribution in [3.63, 3.8) is 0 Å². The first-order valence-corrected chi connectivity index (χ1v) is 6.21. The molecule has 2 heterocycles. The van der Waals surface area contributed by atoms with Crippen molar-refractivity contribution in [2.24, 2.45) is 5.92 Å². The van der Waals surface area contributed by atoms with Gasteiger partial charge >= 0.3 is 0 Å². The maximum Gasteiger partial charge on any atom is 0.211 e. The van der Waals surface area contributed by atoms with Crippen LogP contribution in [0.1, 0.15) is 23.4 Å². The molecule has 17 heavy (non-hydrogen) atoms. The van der Waals surface area contributed by atoms with Gasteiger partial charge in [0, 0.05) is 6.54 Å². The lowest BCUT2D eigenvalue weighted by atomic mass is 9.97. The summed E-state index contributed by atoms with van der Waals surface area (Å²) >= 11 is 0. The molecule has 2 rings (SSSR count). The van der Waals surface area contributed by atoms with Crippen molar-refractivity contribution in [2.75, 3.05) is 33.2 Å². The minimum Gasteiger partial charge on any atom is -0.461 e. The number of hydrogen-bond acceptors (Lipinski definition) is 4. The fraction of sp³-hybridized carbons (Fsp3) is 0.615. The molecule has 0 amide bonds. The largest absolute Gasteiger partial charge is 0.461 e. The maximum absolute atomic E-state index is 11.8. The molecule has 0 atom stereocenters. The number of likely N-dealkylation sites (N-methyl/N-ethyl adjacent to an activating group) is 1. The highest BCUT2D eigenvalue weighted by Gasteiger charge is 2.17. The molecular formula is C13H20N2O2. The molecule has 0 aliphatic carbocycles. The van der Waals surface area contributed by atoms with Crippen molar-refractivity contribution in [3.8, 4) is 0 Å². The predicted molar refractivity (Wildman–Crippen MR) is 66.1 cm³/mol. The zero-order valence-electron chi connectivity index (χ0n) is 10.3. The number of hydrogen-bond donors (Lipinski definition) is 1. The molecule has 1 aliphatic heterocycles. The van der Waals surface area contributed by atoms with E-state index in [-0.39, 0.29) is 5.78 Å². The average Bonchev–Trinajstić information content (AvgIpc) is 2.83. The van der Waals surface area contributed by atoms with Gasteiger partial charge in [-0.15, -0.1) is 0 Å². The van der Waals surface area contributed by atoms with E-state index in [9.17, 15) is 4.79 Å². The fourth-order valence-corrected chi connectivity index (χ4v) is 2.33. The number of nitrogens with one attached hydrogen (secondary N) is 1. The van der Waals surface area contributed by atoms with Crippen LogP contribution in [0.25, 0.3) is 0 Å². The van der Waals surface area contributed by atoms with Crippen LogP contribution in [-0.2, 0) is 0 Å². The van der Waals surface area contributed by atoms with Crippen molar-refractivity contribution >= 4 is 5.78 Å². The molecule has 0 saturated carbocycles. The van der Waals surface area contributed by atoms with Crippen molar-refractivity contribution in [1.82, 2.24) is 10.2 Å². The van der Waals surface area contributed by atoms with Crippen LogP contribution >= 0.6 is 0 Å². The molecule has 4 heteroatoms. The molecule has 1 aliphatic rings. The monoisotopic (exact) mass is 236 g/mol. The first-order chi connectivity index (χ1) is 8.25. The molecule has 94 valence electrons. The van der Waals surface area contributed by atoms with Gasteiger partial charge in [-0.3, -0.25) is 9.69 Å². The summed E-state index contributed by atoms with van der Waals surface area (Å²) in [5, 5.41) is 3.35. The molecule has 4 nitrogen and oxygen atoms in total. The highest BCUT2D eigenvalue weighted by molar-refractivity contribution is 5.94. The van der Waals surface area contributed by atoms with E-state index in [1.54, 1.807) is 18.4 Å². The highest BCUT2D eigenvalue weighted by atomic mass is 16.3. The summed E-state index contributed by atoms with van der Waals surface area (Å²) in [5.74, 6) is 1.24. The van der Waals surface area contributed by atoms with Crippen LogP contribution in [0, 0.1) is 5.92 Å². The molecule has 0 unspecified atom stereocenters. The summed E-state index contributed by atoms with van der Waals surface area (Å²) in [6.07, 6.45) is 3.96. The van der Waals surface area contributed by atoms with E-state index < -0.39 is 0 Å². The number of ketones is 1. The van der Waals surface area contributed by atoms with Crippen LogP contribution < -0.4 is 5.32 Å². The zero-order valence-corrected chi connectivity index (χ0v) is 10.3. The summed E-state index contributed by atoms with van der Waals surface area (Å²) < 4.78 is 5.10. The van der Waals surface area contributed by atoms with Crippen LogP contribution in [0.2, 0.25) is 0 Å². The highest BCUT2D eigenvalue weighted by Crippen LogP contribution is 2.13. The molecule has 1 aromatic heterocycles. The second kappa shape index (κ2) is 5.98. The first-order valence-electron chi connectivity index (χ1n) is 6.21. The lowest BCUT2D eigenvalue weighted by Crippen LogP contribution is -2.36. The van der Waals surface area contributed by atoms with Crippen molar-refractivity contribution in [3.05, 3.63) is 24.2 Å². The van der Waals surface area contributed by atoms with E-state index >= 15 is 0 Å². The van der Waals surface area contributed by atoms with Crippen LogP contribution in [0.3, 0.4) is 0 Å². The average molecular weight is 236 g/mol. The van der Waals surface area contributed by atoms with Gasteiger partial charge < -0.3 is 9.73 Å². The summed E-state index contributed by atoms with van der Waals surface area (Å²) in [6.45, 7) is 3.64. The number of rotatable bonds is 5. The van der Waals surface area contributed by atoms with E-state index in [2.05, 4.69) is 10.2 Å². The molecule has 1 saturated heterocycles. The van der Waals surface area contributed by atoms with Gasteiger partial charge in [-0.1, -0.05) is 0 Å². The standard InChI is InChI=1S/C13H20N2O2/c1-15(9-11-4-6-14-7-5-11)10-12(16)13-3-2-8-17-13/h2-3,8,11,14H,4-7,9-10H2,1H3. The normalized spacial score (nSPS) is 17.5. The molecular weight excluding hydrogens is 216 g/mol. The Morgan fingerprint density at radius 2 is 2.29 bits per heavy atom. The molecule has 0 spiro atoms. The lowest BCUT2D eigenvalue weighted by molar-refractivity contribution is 0.0906. The first kappa shape index (κ1) is 12.3. The maximum atomic E-state index is 11.8. The lowest BCUT2D eigenvalue weighted by Gasteiger charge is -2.26. The molecule has 0 radical (unpaired) electrons. The fourth-order valence-electron chi connectivity index (χ4n) is 2.33. The molecule has 1 aromatic rings. The molecule has 0 bridgehead atoms. The van der Waals surface area contributed by atoms with E-state index in [4.69, 9.17) is 4.42 Å². The minimum atomic E-state index is 0.0615. The Labute approximate surface area is 102 Å². The number of nitrogens with zero attached hydrogens (tertiary/aromatic N) is 1. The quantitative estimate of drug-likeness (QED) is 0.785. The summed E-state index contributed by atoms with van der Waals surface area (Å²) in [7, 11) is 2.00. The Kier molecular flexibility index (Phi) is 4.34. The number of carbonyl (C=O) groups is 1. The Hall–Kier alpha value is -1.13. The van der Waals surface area contributed by atoms with Gasteiger partial charge in [-0.05, 0) is 51.0 Å². The van der Waals surface area contributed by atoms with Gasteiger partial charge in [0.05, 0.1) is 12.8 Å². The number of furan rings is 1. The van der Waals surface area contributed by atoms with Crippen LogP contribution in [0.15, 0.2) is 22.8 Å². The Bertz CT molecular complexity index is 342. The van der Waals surface area contributed by atoms with Crippen LogP contribution in [0.4, 0.5) is 0 Å². The van der Waals surface area contributed by atoms with Gasteiger partial charge in [-0.25, -0.2) is 0 Å². The summed E-state index contributed by atoms with van der Waals surface area (Å²) in [5.41, 5.74) is 0. The van der Waals surface area contributed by atoms with Crippen molar-refractivity contribution in [2.45, 2.75) is 12.8 Å². The van der Waals surface area contributed by atoms with Crippen molar-refractivity contribution in [1.29, 1.82) is 0 Å². The Morgan fingerprint density at radius 1 is 1.53 bits per heavy atom. The SMILES string of the molecule is CN(CC(=O)c1ccco1)CC1CCNCC1. The molecule has 1 fully saturated rings. The van der Waals surface area contributed by atoms with Gasteiger partial charge in [0.1, 0.15) is 0 Å². The van der Waals surface area contributed by atoms with E-state index in [0.717, 1.165) is 19.6 Å². The topological polar surface area (TPSA) is 45.5 Å². The number of carbonyl (C=O) groups excluding carboxylic acids is 1. The van der Waals surface area contributed by atoms with Gasteiger partial charge in [0.15, 0.2) is 5.76 Å². The Balaban J connectivity index is 1.76. The van der Waals surface area contributed by atoms with E-state index in [1.807, 2.05) is 7.05 Å².